The molecule has 0 unspecified atom stereocenters. The fraction of sp³-hybridized carbons (Fsp3) is 0.533. The molecule has 24 heavy (non-hydrogen) atoms. The van der Waals surface area contributed by atoms with E-state index in [2.05, 4.69) is 5.32 Å². The minimum absolute atomic E-state index is 0.273. The Hall–Kier alpha value is -1.61. The van der Waals surface area contributed by atoms with E-state index in [0.717, 1.165) is 22.7 Å². The van der Waals surface area contributed by atoms with Gasteiger partial charge in [0, 0.05) is 6.54 Å². The van der Waals surface area contributed by atoms with Crippen molar-refractivity contribution in [3.8, 4) is 0 Å². The molecule has 0 aromatic heterocycles. The third-order valence-electron chi connectivity index (χ3n) is 4.01. The number of halogens is 3. The second-order valence-corrected chi connectivity index (χ2v) is 7.82. The summed E-state index contributed by atoms with van der Waals surface area (Å²) in [5.41, 5.74) is -0.484. The van der Waals surface area contributed by atoms with Gasteiger partial charge in [0.05, 0.1) is 17.9 Å². The van der Waals surface area contributed by atoms with E-state index in [9.17, 15) is 26.4 Å². The third kappa shape index (κ3) is 4.27. The third-order valence-corrected chi connectivity index (χ3v) is 5.29. The Labute approximate surface area is 138 Å². The second-order valence-electron chi connectivity index (χ2n) is 5.89. The van der Waals surface area contributed by atoms with Gasteiger partial charge in [0.1, 0.15) is 6.04 Å². The largest absolute Gasteiger partial charge is 0.416 e. The highest BCUT2D eigenvalue weighted by atomic mass is 32.2. The van der Waals surface area contributed by atoms with Gasteiger partial charge in [0.25, 0.3) is 0 Å². The van der Waals surface area contributed by atoms with Crippen molar-refractivity contribution in [3.63, 3.8) is 0 Å². The maximum absolute atomic E-state index is 12.8. The van der Waals surface area contributed by atoms with Gasteiger partial charge in [0.15, 0.2) is 0 Å². The number of alkyl halides is 3. The van der Waals surface area contributed by atoms with Gasteiger partial charge in [-0.1, -0.05) is 12.1 Å². The van der Waals surface area contributed by atoms with E-state index >= 15 is 0 Å². The molecule has 0 bridgehead atoms. The summed E-state index contributed by atoms with van der Waals surface area (Å²) < 4.78 is 62.8. The molecule has 1 amide bonds. The van der Waals surface area contributed by atoms with Gasteiger partial charge in [-0.25, -0.2) is 8.42 Å². The number of hydrogen-bond donors (Lipinski definition) is 1. The summed E-state index contributed by atoms with van der Waals surface area (Å²) in [6.45, 7) is 1.84. The number of hydrogen-bond acceptors (Lipinski definition) is 3. The smallest absolute Gasteiger partial charge is 0.348 e. The fourth-order valence-electron chi connectivity index (χ4n) is 2.78. The molecule has 5 nitrogen and oxygen atoms in total. The maximum Gasteiger partial charge on any atom is 0.416 e. The highest BCUT2D eigenvalue weighted by Gasteiger charge is 2.37. The summed E-state index contributed by atoms with van der Waals surface area (Å²) in [4.78, 5) is 12.3. The normalized spacial score (nSPS) is 20.8. The zero-order valence-corrected chi connectivity index (χ0v) is 14.1. The average Bonchev–Trinajstić information content (AvgIpc) is 2.96. The van der Waals surface area contributed by atoms with Crippen LogP contribution >= 0.6 is 0 Å². The minimum Gasteiger partial charge on any atom is -0.348 e. The Morgan fingerprint density at radius 2 is 2.04 bits per heavy atom. The van der Waals surface area contributed by atoms with E-state index in [0.29, 0.717) is 18.4 Å². The average molecular weight is 364 g/mol. The molecule has 1 aromatic carbocycles. The molecule has 0 spiro atoms. The predicted molar refractivity (Wildman–Crippen MR) is 82.6 cm³/mol. The Balaban J connectivity index is 2.12. The number of nitrogens with zero attached hydrogens (tertiary/aromatic N) is 1. The van der Waals surface area contributed by atoms with Gasteiger partial charge < -0.3 is 5.32 Å². The van der Waals surface area contributed by atoms with Crippen molar-refractivity contribution in [2.75, 3.05) is 12.8 Å². The second kappa shape index (κ2) is 6.72. The van der Waals surface area contributed by atoms with Crippen LogP contribution in [-0.4, -0.2) is 37.5 Å². The first-order chi connectivity index (χ1) is 11.0. The van der Waals surface area contributed by atoms with Crippen LogP contribution in [0.1, 0.15) is 36.9 Å². The van der Waals surface area contributed by atoms with Crippen molar-refractivity contribution < 1.29 is 26.4 Å². The van der Waals surface area contributed by atoms with E-state index in [1.807, 2.05) is 0 Å². The maximum atomic E-state index is 12.8. The lowest BCUT2D eigenvalue weighted by atomic mass is 10.0. The van der Waals surface area contributed by atoms with Gasteiger partial charge in [-0.2, -0.15) is 17.5 Å². The molecular formula is C15H19F3N2O3S. The molecule has 0 aliphatic carbocycles. The van der Waals surface area contributed by atoms with Crippen molar-refractivity contribution >= 4 is 15.9 Å². The van der Waals surface area contributed by atoms with Gasteiger partial charge in [-0.3, -0.25) is 4.79 Å². The summed E-state index contributed by atoms with van der Waals surface area (Å²) in [6.07, 6.45) is -2.45. The number of nitrogens with one attached hydrogen (secondary N) is 1. The summed E-state index contributed by atoms with van der Waals surface area (Å²) in [5.74, 6) is -0.497. The molecule has 2 atom stereocenters. The topological polar surface area (TPSA) is 66.5 Å². The molecule has 1 heterocycles. The van der Waals surface area contributed by atoms with Gasteiger partial charge in [-0.05, 0) is 37.5 Å². The number of rotatable bonds is 4. The van der Waals surface area contributed by atoms with E-state index in [4.69, 9.17) is 0 Å². The summed E-state index contributed by atoms with van der Waals surface area (Å²) >= 11 is 0. The van der Waals surface area contributed by atoms with Gasteiger partial charge in [-0.15, -0.1) is 0 Å². The van der Waals surface area contributed by atoms with Crippen LogP contribution < -0.4 is 5.32 Å². The van der Waals surface area contributed by atoms with Crippen molar-refractivity contribution in [2.45, 2.75) is 38.0 Å². The highest BCUT2D eigenvalue weighted by molar-refractivity contribution is 7.88. The van der Waals surface area contributed by atoms with Crippen LogP contribution in [0.15, 0.2) is 24.3 Å². The lowest BCUT2D eigenvalue weighted by Crippen LogP contribution is -2.46. The summed E-state index contributed by atoms with van der Waals surface area (Å²) in [6, 6.07) is 3.23. The molecule has 1 fully saturated rings. The number of amides is 1. The number of benzene rings is 1. The van der Waals surface area contributed by atoms with Gasteiger partial charge >= 0.3 is 6.18 Å². The van der Waals surface area contributed by atoms with Crippen LogP contribution in [0.3, 0.4) is 0 Å². The molecule has 1 N–H and O–H groups in total. The molecule has 1 aliphatic rings. The van der Waals surface area contributed by atoms with Crippen LogP contribution in [0.4, 0.5) is 13.2 Å². The number of sulfonamides is 1. The Morgan fingerprint density at radius 3 is 2.62 bits per heavy atom. The van der Waals surface area contributed by atoms with Crippen molar-refractivity contribution in [1.82, 2.24) is 9.62 Å². The summed E-state index contributed by atoms with van der Waals surface area (Å²) in [7, 11) is -3.50. The zero-order chi connectivity index (χ0) is 18.1. The predicted octanol–water partition coefficient (Wildman–Crippen LogP) is 2.31. The molecule has 2 rings (SSSR count). The first-order valence-electron chi connectivity index (χ1n) is 7.44. The lowest BCUT2D eigenvalue weighted by molar-refractivity contribution is -0.137. The summed E-state index contributed by atoms with van der Waals surface area (Å²) in [5, 5.41) is 2.61. The van der Waals surface area contributed by atoms with Crippen molar-refractivity contribution in [2.24, 2.45) is 0 Å². The van der Waals surface area contributed by atoms with E-state index in [-0.39, 0.29) is 6.54 Å². The lowest BCUT2D eigenvalue weighted by Gasteiger charge is -2.24. The molecule has 0 saturated carbocycles. The molecule has 1 aromatic rings. The quantitative estimate of drug-likeness (QED) is 0.892. The zero-order valence-electron chi connectivity index (χ0n) is 13.3. The molecule has 9 heteroatoms. The first kappa shape index (κ1) is 18.7. The van der Waals surface area contributed by atoms with Crippen molar-refractivity contribution in [3.05, 3.63) is 35.4 Å². The molecule has 134 valence electrons. The van der Waals surface area contributed by atoms with E-state index in [1.165, 1.54) is 12.1 Å². The van der Waals surface area contributed by atoms with Crippen LogP contribution in [0, 0.1) is 0 Å². The molecule has 1 saturated heterocycles. The molecule has 1 aliphatic heterocycles. The minimum atomic E-state index is -4.46. The van der Waals surface area contributed by atoms with Gasteiger partial charge in [0.2, 0.25) is 15.9 Å². The monoisotopic (exact) mass is 364 g/mol. The van der Waals surface area contributed by atoms with E-state index < -0.39 is 39.8 Å². The Morgan fingerprint density at radius 1 is 1.38 bits per heavy atom. The fourth-order valence-corrected chi connectivity index (χ4v) is 3.90. The Kier molecular flexibility index (Phi) is 5.24. The van der Waals surface area contributed by atoms with E-state index in [1.54, 1.807) is 6.92 Å². The number of carbonyl (C=O) groups is 1. The number of carbonyl (C=O) groups excluding carboxylic acids is 1. The van der Waals surface area contributed by atoms with Crippen molar-refractivity contribution in [1.29, 1.82) is 0 Å². The molecule has 0 radical (unpaired) electrons. The SMILES string of the molecule is C[C@H](NC(=O)[C@H]1CCCN1S(C)(=O)=O)c1cccc(C(F)(F)F)c1. The Bertz CT molecular complexity index is 719. The highest BCUT2D eigenvalue weighted by Crippen LogP contribution is 2.31. The van der Waals surface area contributed by atoms with Crippen LogP contribution in [-0.2, 0) is 21.0 Å². The molecular weight excluding hydrogens is 345 g/mol. The van der Waals surface area contributed by atoms with Crippen LogP contribution in [0.25, 0.3) is 0 Å². The first-order valence-corrected chi connectivity index (χ1v) is 9.29. The van der Waals surface area contributed by atoms with Crippen LogP contribution in [0.5, 0.6) is 0 Å². The standard InChI is InChI=1S/C15H19F3N2O3S/c1-10(11-5-3-6-12(9-11)15(16,17)18)19-14(21)13-7-4-8-20(13)24(2,22)23/h3,5-6,9-10,13H,4,7-8H2,1-2H3,(H,19,21)/t10-,13+/m0/s1. The van der Waals surface area contributed by atoms with Crippen LogP contribution in [0.2, 0.25) is 0 Å².